The average Bonchev–Trinajstić information content (AvgIpc) is 2.90. The van der Waals surface area contributed by atoms with E-state index in [1.54, 1.807) is 17.8 Å². The molecule has 4 nitrogen and oxygen atoms in total. The minimum atomic E-state index is -0.258. The second kappa shape index (κ2) is 8.01. The molecule has 1 aliphatic heterocycles. The molecule has 2 aromatic carbocycles. The van der Waals surface area contributed by atoms with Crippen LogP contribution in [0.15, 0.2) is 52.3 Å². The van der Waals surface area contributed by atoms with Gasteiger partial charge in [-0.3, -0.25) is 14.5 Å². The minimum Gasteiger partial charge on any atom is -0.367 e. The van der Waals surface area contributed by atoms with Gasteiger partial charge in [-0.05, 0) is 72.8 Å². The number of imide groups is 1. The van der Waals surface area contributed by atoms with Gasteiger partial charge >= 0.3 is 0 Å². The predicted octanol–water partition coefficient (Wildman–Crippen LogP) is 5.13. The normalized spacial score (nSPS) is 15.8. The number of aryl methyl sites for hydroxylation is 2. The Labute approximate surface area is 162 Å². The monoisotopic (exact) mass is 384 g/mol. The van der Waals surface area contributed by atoms with Gasteiger partial charge in [0.1, 0.15) is 0 Å². The molecule has 3 rings (SSSR count). The molecule has 1 fully saturated rings. The summed E-state index contributed by atoms with van der Waals surface area (Å²) in [6.45, 7) is 4.17. The Morgan fingerprint density at radius 3 is 2.54 bits per heavy atom. The zero-order valence-corrected chi connectivity index (χ0v) is 16.5. The smallest absolute Gasteiger partial charge is 0.295 e. The van der Waals surface area contributed by atoms with Gasteiger partial charge in [-0.2, -0.15) is 0 Å². The number of nitrogens with zero attached hydrogens (tertiary/aromatic N) is 1. The van der Waals surface area contributed by atoms with E-state index in [-0.39, 0.29) is 17.8 Å². The Bertz CT molecular complexity index is 876. The molecule has 0 atom stereocenters. The van der Waals surface area contributed by atoms with E-state index < -0.39 is 0 Å². The van der Waals surface area contributed by atoms with Crippen molar-refractivity contribution in [2.45, 2.75) is 18.7 Å². The van der Waals surface area contributed by atoms with Crippen molar-refractivity contribution in [3.63, 3.8) is 0 Å². The highest BCUT2D eigenvalue weighted by molar-refractivity contribution is 8.18. The highest BCUT2D eigenvalue weighted by Crippen LogP contribution is 2.32. The summed E-state index contributed by atoms with van der Waals surface area (Å²) in [5.74, 6) is -0.258. The standard InChI is InChI=1S/C20H20N2O2S2/c1-13-4-5-14(2)17(10-13)21-12-22-19(23)18(26-20(22)24)11-15-6-8-16(25-3)9-7-15/h4-11,21H,12H2,1-3H3/b18-11+. The lowest BCUT2D eigenvalue weighted by molar-refractivity contribution is -0.122. The molecule has 1 saturated heterocycles. The highest BCUT2D eigenvalue weighted by atomic mass is 32.2. The summed E-state index contributed by atoms with van der Waals surface area (Å²) in [6, 6.07) is 14.0. The second-order valence-corrected chi connectivity index (χ2v) is 7.91. The molecule has 0 bridgehead atoms. The number of anilines is 1. The number of hydrogen-bond acceptors (Lipinski definition) is 5. The summed E-state index contributed by atoms with van der Waals surface area (Å²) < 4.78 is 0. The Hall–Kier alpha value is -2.18. The number of carbonyl (C=O) groups excluding carboxylic acids is 2. The van der Waals surface area contributed by atoms with Gasteiger partial charge in [0.2, 0.25) is 0 Å². The zero-order valence-electron chi connectivity index (χ0n) is 14.9. The number of nitrogens with one attached hydrogen (secondary N) is 1. The maximum Gasteiger partial charge on any atom is 0.295 e. The predicted molar refractivity (Wildman–Crippen MR) is 110 cm³/mol. The quantitative estimate of drug-likeness (QED) is 0.572. The third-order valence-electron chi connectivity index (χ3n) is 4.11. The van der Waals surface area contributed by atoms with Crippen LogP contribution < -0.4 is 5.32 Å². The van der Waals surface area contributed by atoms with Crippen LogP contribution in [-0.4, -0.2) is 29.0 Å². The number of hydrogen-bond donors (Lipinski definition) is 1. The molecule has 6 heteroatoms. The van der Waals surface area contributed by atoms with Crippen molar-refractivity contribution >= 4 is 46.4 Å². The van der Waals surface area contributed by atoms with Gasteiger partial charge in [0.15, 0.2) is 0 Å². The van der Waals surface area contributed by atoms with Crippen LogP contribution in [0.4, 0.5) is 10.5 Å². The van der Waals surface area contributed by atoms with Crippen LogP contribution in [0.1, 0.15) is 16.7 Å². The Morgan fingerprint density at radius 2 is 1.85 bits per heavy atom. The molecule has 0 saturated carbocycles. The first-order valence-electron chi connectivity index (χ1n) is 8.18. The summed E-state index contributed by atoms with van der Waals surface area (Å²) in [5.41, 5.74) is 4.05. The molecule has 134 valence electrons. The molecular weight excluding hydrogens is 364 g/mol. The van der Waals surface area contributed by atoms with Crippen molar-refractivity contribution < 1.29 is 9.59 Å². The van der Waals surface area contributed by atoms with Gasteiger partial charge in [-0.25, -0.2) is 0 Å². The Kier molecular flexibility index (Phi) is 5.74. The van der Waals surface area contributed by atoms with Gasteiger partial charge in [-0.1, -0.05) is 24.3 Å². The molecule has 1 aliphatic rings. The van der Waals surface area contributed by atoms with Crippen molar-refractivity contribution in [1.82, 2.24) is 4.90 Å². The van der Waals surface area contributed by atoms with Gasteiger partial charge in [0, 0.05) is 10.6 Å². The van der Waals surface area contributed by atoms with E-state index in [1.165, 1.54) is 4.90 Å². The molecule has 2 aromatic rings. The minimum absolute atomic E-state index is 0.164. The topological polar surface area (TPSA) is 49.4 Å². The number of rotatable bonds is 5. The van der Waals surface area contributed by atoms with Crippen LogP contribution in [0, 0.1) is 13.8 Å². The lowest BCUT2D eigenvalue weighted by Crippen LogP contribution is -2.33. The summed E-state index contributed by atoms with van der Waals surface area (Å²) in [5, 5.41) is 2.95. The van der Waals surface area contributed by atoms with Crippen LogP contribution >= 0.6 is 23.5 Å². The number of thioether (sulfide) groups is 2. The third-order valence-corrected chi connectivity index (χ3v) is 5.76. The molecular formula is C20H20N2O2S2. The highest BCUT2D eigenvalue weighted by Gasteiger charge is 2.34. The van der Waals surface area contributed by atoms with Gasteiger partial charge < -0.3 is 5.32 Å². The molecule has 1 heterocycles. The van der Waals surface area contributed by atoms with E-state index in [1.807, 2.05) is 62.6 Å². The van der Waals surface area contributed by atoms with E-state index >= 15 is 0 Å². The van der Waals surface area contributed by atoms with Crippen LogP contribution in [0.5, 0.6) is 0 Å². The molecule has 1 N–H and O–H groups in total. The summed E-state index contributed by atoms with van der Waals surface area (Å²) in [7, 11) is 0. The van der Waals surface area contributed by atoms with Crippen molar-refractivity contribution in [2.75, 3.05) is 18.2 Å². The first-order chi connectivity index (χ1) is 12.5. The molecule has 0 aliphatic carbocycles. The fourth-order valence-electron chi connectivity index (χ4n) is 2.58. The SMILES string of the molecule is CSc1ccc(/C=C2/SC(=O)N(CNc3cc(C)ccc3C)C2=O)cc1. The molecule has 26 heavy (non-hydrogen) atoms. The van der Waals surface area contributed by atoms with E-state index in [9.17, 15) is 9.59 Å². The fourth-order valence-corrected chi connectivity index (χ4v) is 3.82. The average molecular weight is 385 g/mol. The number of carbonyl (C=O) groups is 2. The van der Waals surface area contributed by atoms with Crippen LogP contribution in [0.3, 0.4) is 0 Å². The van der Waals surface area contributed by atoms with Crippen molar-refractivity contribution in [3.8, 4) is 0 Å². The maximum atomic E-state index is 12.6. The fraction of sp³-hybridized carbons (Fsp3) is 0.200. The lowest BCUT2D eigenvalue weighted by Gasteiger charge is -2.16. The molecule has 0 unspecified atom stereocenters. The first kappa shape index (κ1) is 18.6. The van der Waals surface area contributed by atoms with Crippen molar-refractivity contribution in [2.24, 2.45) is 0 Å². The van der Waals surface area contributed by atoms with Crippen LogP contribution in [-0.2, 0) is 4.79 Å². The first-order valence-corrected chi connectivity index (χ1v) is 10.2. The van der Waals surface area contributed by atoms with Gasteiger partial charge in [0.25, 0.3) is 11.1 Å². The summed E-state index contributed by atoms with van der Waals surface area (Å²) in [6.07, 6.45) is 3.79. The summed E-state index contributed by atoms with van der Waals surface area (Å²) in [4.78, 5) is 27.7. The van der Waals surface area contributed by atoms with Crippen LogP contribution in [0.2, 0.25) is 0 Å². The Morgan fingerprint density at radius 1 is 1.12 bits per heavy atom. The Balaban J connectivity index is 1.72. The molecule has 0 radical (unpaired) electrons. The molecule has 0 spiro atoms. The largest absolute Gasteiger partial charge is 0.367 e. The van der Waals surface area contributed by atoms with E-state index in [0.29, 0.717) is 4.91 Å². The third kappa shape index (κ3) is 4.14. The zero-order chi connectivity index (χ0) is 18.7. The lowest BCUT2D eigenvalue weighted by atomic mass is 10.1. The molecule has 2 amide bonds. The second-order valence-electron chi connectivity index (χ2n) is 6.04. The van der Waals surface area contributed by atoms with Crippen molar-refractivity contribution in [3.05, 3.63) is 64.1 Å². The number of amides is 2. The molecule has 0 aromatic heterocycles. The van der Waals surface area contributed by atoms with Gasteiger partial charge in [0.05, 0.1) is 11.6 Å². The van der Waals surface area contributed by atoms with E-state index in [2.05, 4.69) is 5.32 Å². The van der Waals surface area contributed by atoms with Crippen molar-refractivity contribution in [1.29, 1.82) is 0 Å². The number of benzene rings is 2. The van der Waals surface area contributed by atoms with Gasteiger partial charge in [-0.15, -0.1) is 11.8 Å². The van der Waals surface area contributed by atoms with E-state index in [0.717, 1.165) is 39.0 Å². The van der Waals surface area contributed by atoms with Crippen LogP contribution in [0.25, 0.3) is 6.08 Å². The van der Waals surface area contributed by atoms with E-state index in [4.69, 9.17) is 0 Å². The maximum absolute atomic E-state index is 12.6. The summed E-state index contributed by atoms with van der Waals surface area (Å²) >= 11 is 2.65.